The lowest BCUT2D eigenvalue weighted by atomic mass is 10.1. The Morgan fingerprint density at radius 3 is 2.60 bits per heavy atom. The molecule has 0 amide bonds. The largest absolute Gasteiger partial charge is 0.472 e. The Kier molecular flexibility index (Phi) is 5.35. The number of ether oxygens (including phenoxy) is 1. The van der Waals surface area contributed by atoms with Crippen molar-refractivity contribution >= 4 is 21.7 Å². The Morgan fingerprint density at radius 1 is 1.20 bits per heavy atom. The summed E-state index contributed by atoms with van der Waals surface area (Å²) in [5, 5.41) is 3.09. The van der Waals surface area contributed by atoms with E-state index in [9.17, 15) is 0 Å². The molecular weight excluding hydrogens is 318 g/mol. The van der Waals surface area contributed by atoms with Crippen molar-refractivity contribution in [2.24, 2.45) is 0 Å². The molecule has 0 aliphatic carbocycles. The van der Waals surface area contributed by atoms with Crippen LogP contribution >= 0.6 is 15.9 Å². The zero-order chi connectivity index (χ0) is 14.4. The quantitative estimate of drug-likeness (QED) is 0.871. The second-order valence-corrected chi connectivity index (χ2v) is 5.34. The summed E-state index contributed by atoms with van der Waals surface area (Å²) >= 11 is 3.42. The first kappa shape index (κ1) is 14.8. The van der Waals surface area contributed by atoms with E-state index in [4.69, 9.17) is 4.74 Å². The fourth-order valence-electron chi connectivity index (χ4n) is 1.94. The van der Waals surface area contributed by atoms with Crippen LogP contribution in [0.1, 0.15) is 24.5 Å². The van der Waals surface area contributed by atoms with Crippen LogP contribution in [-0.2, 0) is 13.0 Å². The summed E-state index contributed by atoms with van der Waals surface area (Å²) in [5.74, 6) is 1.50. The van der Waals surface area contributed by atoms with Gasteiger partial charge in [0.05, 0.1) is 5.56 Å². The SMILES string of the molecule is CCCc1c(NC)ncnc1OCc1ccc(Br)cc1. The lowest BCUT2D eigenvalue weighted by Crippen LogP contribution is -2.05. The van der Waals surface area contributed by atoms with Crippen LogP contribution in [0.5, 0.6) is 5.88 Å². The molecule has 0 atom stereocenters. The van der Waals surface area contributed by atoms with Crippen LogP contribution in [0, 0.1) is 0 Å². The third-order valence-corrected chi connectivity index (χ3v) is 3.46. The average molecular weight is 336 g/mol. The maximum absolute atomic E-state index is 5.85. The van der Waals surface area contributed by atoms with E-state index in [0.717, 1.165) is 34.3 Å². The minimum Gasteiger partial charge on any atom is -0.472 e. The molecule has 4 nitrogen and oxygen atoms in total. The third-order valence-electron chi connectivity index (χ3n) is 2.93. The van der Waals surface area contributed by atoms with Crippen LogP contribution in [0.2, 0.25) is 0 Å². The Hall–Kier alpha value is -1.62. The van der Waals surface area contributed by atoms with Gasteiger partial charge in [-0.25, -0.2) is 9.97 Å². The maximum atomic E-state index is 5.85. The molecule has 0 aliphatic rings. The van der Waals surface area contributed by atoms with Gasteiger partial charge in [0.15, 0.2) is 0 Å². The van der Waals surface area contributed by atoms with Crippen LogP contribution in [0.15, 0.2) is 35.1 Å². The molecule has 1 N–H and O–H groups in total. The van der Waals surface area contributed by atoms with Crippen LogP contribution in [-0.4, -0.2) is 17.0 Å². The van der Waals surface area contributed by atoms with Gasteiger partial charge < -0.3 is 10.1 Å². The van der Waals surface area contributed by atoms with Gasteiger partial charge in [-0.1, -0.05) is 41.4 Å². The topological polar surface area (TPSA) is 47.0 Å². The molecule has 20 heavy (non-hydrogen) atoms. The van der Waals surface area contributed by atoms with Gasteiger partial charge in [-0.05, 0) is 24.1 Å². The van der Waals surface area contributed by atoms with Crippen molar-refractivity contribution in [3.63, 3.8) is 0 Å². The average Bonchev–Trinajstić information content (AvgIpc) is 2.48. The normalized spacial score (nSPS) is 10.3. The summed E-state index contributed by atoms with van der Waals surface area (Å²) < 4.78 is 6.91. The number of nitrogens with one attached hydrogen (secondary N) is 1. The second kappa shape index (κ2) is 7.24. The summed E-state index contributed by atoms with van der Waals surface area (Å²) in [5.41, 5.74) is 2.15. The molecule has 1 heterocycles. The fraction of sp³-hybridized carbons (Fsp3) is 0.333. The fourth-order valence-corrected chi connectivity index (χ4v) is 2.21. The van der Waals surface area contributed by atoms with Crippen molar-refractivity contribution in [1.82, 2.24) is 9.97 Å². The van der Waals surface area contributed by atoms with Gasteiger partial charge in [0.2, 0.25) is 5.88 Å². The summed E-state index contributed by atoms with van der Waals surface area (Å²) in [6.07, 6.45) is 3.45. The molecule has 5 heteroatoms. The van der Waals surface area contributed by atoms with Gasteiger partial charge in [-0.2, -0.15) is 0 Å². The van der Waals surface area contributed by atoms with E-state index in [1.807, 2.05) is 31.3 Å². The molecule has 2 rings (SSSR count). The summed E-state index contributed by atoms with van der Waals surface area (Å²) in [6, 6.07) is 8.07. The minimum atomic E-state index is 0.504. The zero-order valence-electron chi connectivity index (χ0n) is 11.7. The standard InChI is InChI=1S/C15H18BrN3O/c1-3-4-13-14(17-2)18-10-19-15(13)20-9-11-5-7-12(16)8-6-11/h5-8,10H,3-4,9H2,1-2H3,(H,17,18,19). The highest BCUT2D eigenvalue weighted by molar-refractivity contribution is 9.10. The lowest BCUT2D eigenvalue weighted by molar-refractivity contribution is 0.290. The number of hydrogen-bond donors (Lipinski definition) is 1. The number of nitrogens with zero attached hydrogens (tertiary/aromatic N) is 2. The highest BCUT2D eigenvalue weighted by atomic mass is 79.9. The molecule has 2 aromatic rings. The number of anilines is 1. The molecule has 106 valence electrons. The maximum Gasteiger partial charge on any atom is 0.222 e. The Labute approximate surface area is 127 Å². The smallest absolute Gasteiger partial charge is 0.222 e. The van der Waals surface area contributed by atoms with Crippen molar-refractivity contribution in [2.75, 3.05) is 12.4 Å². The van der Waals surface area contributed by atoms with E-state index in [1.165, 1.54) is 6.33 Å². The number of benzene rings is 1. The first-order valence-electron chi connectivity index (χ1n) is 6.63. The summed E-state index contributed by atoms with van der Waals surface area (Å²) in [4.78, 5) is 8.49. The highest BCUT2D eigenvalue weighted by Crippen LogP contribution is 2.24. The second-order valence-electron chi connectivity index (χ2n) is 4.42. The molecule has 0 aliphatic heterocycles. The number of halogens is 1. The van der Waals surface area contributed by atoms with Crippen molar-refractivity contribution in [3.05, 3.63) is 46.2 Å². The monoisotopic (exact) mass is 335 g/mol. The van der Waals surface area contributed by atoms with E-state index < -0.39 is 0 Å². The van der Waals surface area contributed by atoms with Crippen LogP contribution in [0.25, 0.3) is 0 Å². The third kappa shape index (κ3) is 3.70. The molecule has 0 unspecified atom stereocenters. The molecule has 0 saturated carbocycles. The molecule has 0 fully saturated rings. The van der Waals surface area contributed by atoms with Crippen molar-refractivity contribution in [1.29, 1.82) is 0 Å². The van der Waals surface area contributed by atoms with Crippen LogP contribution < -0.4 is 10.1 Å². The van der Waals surface area contributed by atoms with E-state index in [-0.39, 0.29) is 0 Å². The zero-order valence-corrected chi connectivity index (χ0v) is 13.3. The Balaban J connectivity index is 2.14. The summed E-state index contributed by atoms with van der Waals surface area (Å²) in [7, 11) is 1.86. The molecule has 0 radical (unpaired) electrons. The number of rotatable bonds is 6. The minimum absolute atomic E-state index is 0.504. The molecule has 1 aromatic carbocycles. The molecular formula is C15H18BrN3O. The van der Waals surface area contributed by atoms with E-state index in [0.29, 0.717) is 12.5 Å². The van der Waals surface area contributed by atoms with E-state index in [1.54, 1.807) is 0 Å². The van der Waals surface area contributed by atoms with E-state index in [2.05, 4.69) is 38.1 Å². The van der Waals surface area contributed by atoms with Crippen molar-refractivity contribution in [3.8, 4) is 5.88 Å². The van der Waals surface area contributed by atoms with Crippen molar-refractivity contribution in [2.45, 2.75) is 26.4 Å². The van der Waals surface area contributed by atoms with Gasteiger partial charge in [0.1, 0.15) is 18.8 Å². The lowest BCUT2D eigenvalue weighted by Gasteiger charge is -2.13. The van der Waals surface area contributed by atoms with E-state index >= 15 is 0 Å². The van der Waals surface area contributed by atoms with Crippen molar-refractivity contribution < 1.29 is 4.74 Å². The first-order chi connectivity index (χ1) is 9.74. The van der Waals surface area contributed by atoms with Gasteiger partial charge >= 0.3 is 0 Å². The number of hydrogen-bond acceptors (Lipinski definition) is 4. The van der Waals surface area contributed by atoms with Crippen LogP contribution in [0.4, 0.5) is 5.82 Å². The highest BCUT2D eigenvalue weighted by Gasteiger charge is 2.11. The van der Waals surface area contributed by atoms with Crippen LogP contribution in [0.3, 0.4) is 0 Å². The molecule has 1 aromatic heterocycles. The molecule has 0 saturated heterocycles. The number of aromatic nitrogens is 2. The molecule has 0 bridgehead atoms. The van der Waals surface area contributed by atoms with Gasteiger partial charge in [0.25, 0.3) is 0 Å². The van der Waals surface area contributed by atoms with Gasteiger partial charge in [-0.15, -0.1) is 0 Å². The molecule has 0 spiro atoms. The van der Waals surface area contributed by atoms with Gasteiger partial charge in [-0.3, -0.25) is 0 Å². The Bertz CT molecular complexity index is 558. The predicted octanol–water partition coefficient (Wildman–Crippen LogP) is 3.81. The predicted molar refractivity (Wildman–Crippen MR) is 84.0 cm³/mol. The first-order valence-corrected chi connectivity index (χ1v) is 7.42. The van der Waals surface area contributed by atoms with Gasteiger partial charge in [0, 0.05) is 11.5 Å². The summed E-state index contributed by atoms with van der Waals surface area (Å²) in [6.45, 7) is 2.63. The Morgan fingerprint density at radius 2 is 1.95 bits per heavy atom.